The fraction of sp³-hybridized carbons (Fsp3) is 0.312. The van der Waals surface area contributed by atoms with Crippen molar-refractivity contribution < 1.29 is 9.47 Å². The van der Waals surface area contributed by atoms with Gasteiger partial charge in [-0.2, -0.15) is 25.3 Å². The summed E-state index contributed by atoms with van der Waals surface area (Å²) < 4.78 is 12.2. The molecule has 2 aliphatic heterocycles. The molecular formula is C32H34N2O2S2. The summed E-state index contributed by atoms with van der Waals surface area (Å²) in [5.41, 5.74) is 5.86. The van der Waals surface area contributed by atoms with Crippen LogP contribution in [-0.4, -0.2) is 47.9 Å². The Bertz CT molecular complexity index is 1390. The summed E-state index contributed by atoms with van der Waals surface area (Å²) in [4.78, 5) is 4.61. The van der Waals surface area contributed by atoms with Crippen molar-refractivity contribution in [2.24, 2.45) is 0 Å². The van der Waals surface area contributed by atoms with Gasteiger partial charge in [0.05, 0.1) is 0 Å². The van der Waals surface area contributed by atoms with Crippen molar-refractivity contribution in [1.82, 2.24) is 9.80 Å². The van der Waals surface area contributed by atoms with Crippen molar-refractivity contribution in [3.8, 4) is 11.5 Å². The molecule has 0 spiro atoms. The minimum absolute atomic E-state index is 0.369. The highest BCUT2D eigenvalue weighted by atomic mass is 32.1. The zero-order valence-electron chi connectivity index (χ0n) is 21.8. The molecule has 0 fully saturated rings. The average Bonchev–Trinajstić information content (AvgIpc) is 2.96. The van der Waals surface area contributed by atoms with E-state index in [1.54, 1.807) is 0 Å². The van der Waals surface area contributed by atoms with Crippen LogP contribution in [0.1, 0.15) is 34.7 Å². The van der Waals surface area contributed by atoms with Gasteiger partial charge in [0.25, 0.3) is 0 Å². The maximum atomic E-state index is 6.10. The molecule has 0 amide bonds. The van der Waals surface area contributed by atoms with E-state index in [2.05, 4.69) is 121 Å². The summed E-state index contributed by atoms with van der Waals surface area (Å²) in [6.07, 6.45) is 0. The Morgan fingerprint density at radius 3 is 1.71 bits per heavy atom. The lowest BCUT2D eigenvalue weighted by atomic mass is 9.70. The van der Waals surface area contributed by atoms with Gasteiger partial charge in [0, 0.05) is 54.2 Å². The van der Waals surface area contributed by atoms with E-state index in [4.69, 9.17) is 9.47 Å². The fourth-order valence-corrected chi connectivity index (χ4v) is 6.34. The third kappa shape index (κ3) is 4.79. The Hall–Kier alpha value is -2.64. The van der Waals surface area contributed by atoms with E-state index in [0.717, 1.165) is 49.2 Å². The molecule has 38 heavy (non-hydrogen) atoms. The molecule has 2 heterocycles. The van der Waals surface area contributed by atoms with Crippen LogP contribution < -0.4 is 9.47 Å². The molecule has 0 N–H and O–H groups in total. The van der Waals surface area contributed by atoms with E-state index in [9.17, 15) is 0 Å². The number of ether oxygens (including phenoxy) is 2. The average molecular weight is 543 g/mol. The fourth-order valence-electron chi connectivity index (χ4n) is 5.77. The molecular weight excluding hydrogens is 508 g/mol. The molecule has 4 aromatic rings. The van der Waals surface area contributed by atoms with Crippen LogP contribution in [0.15, 0.2) is 78.9 Å². The Kier molecular flexibility index (Phi) is 7.32. The van der Waals surface area contributed by atoms with E-state index >= 15 is 0 Å². The van der Waals surface area contributed by atoms with Gasteiger partial charge >= 0.3 is 0 Å². The van der Waals surface area contributed by atoms with Crippen molar-refractivity contribution in [3.05, 3.63) is 107 Å². The smallest absolute Gasteiger partial charge is 0.142 e. The normalized spacial score (nSPS) is 16.0. The zero-order valence-corrected chi connectivity index (χ0v) is 23.6. The van der Waals surface area contributed by atoms with Crippen molar-refractivity contribution >= 4 is 36.0 Å². The van der Waals surface area contributed by atoms with Crippen LogP contribution in [0.4, 0.5) is 0 Å². The predicted molar refractivity (Wildman–Crippen MR) is 162 cm³/mol. The lowest BCUT2D eigenvalue weighted by Gasteiger charge is -2.36. The number of hydrogen-bond donors (Lipinski definition) is 2. The van der Waals surface area contributed by atoms with Gasteiger partial charge in [-0.3, -0.25) is 9.80 Å². The van der Waals surface area contributed by atoms with E-state index in [-0.39, 0.29) is 5.41 Å². The van der Waals surface area contributed by atoms with Gasteiger partial charge in [-0.25, -0.2) is 0 Å². The summed E-state index contributed by atoms with van der Waals surface area (Å²) >= 11 is 8.87. The second-order valence-electron chi connectivity index (χ2n) is 10.4. The first-order chi connectivity index (χ1) is 18.6. The van der Waals surface area contributed by atoms with Crippen molar-refractivity contribution in [2.75, 3.05) is 38.1 Å². The summed E-state index contributed by atoms with van der Waals surface area (Å²) in [5.74, 6) is 3.58. The van der Waals surface area contributed by atoms with E-state index < -0.39 is 0 Å². The van der Waals surface area contributed by atoms with Crippen LogP contribution >= 0.6 is 25.3 Å². The van der Waals surface area contributed by atoms with Gasteiger partial charge in [-0.15, -0.1) is 0 Å². The Balaban J connectivity index is 1.49. The summed E-state index contributed by atoms with van der Waals surface area (Å²) in [5, 5.41) is 2.50. The van der Waals surface area contributed by atoms with E-state index in [1.165, 1.54) is 38.6 Å². The molecule has 4 nitrogen and oxygen atoms in total. The Morgan fingerprint density at radius 2 is 1.16 bits per heavy atom. The monoisotopic (exact) mass is 542 g/mol. The highest BCUT2D eigenvalue weighted by molar-refractivity contribution is 7.80. The Labute approximate surface area is 236 Å². The minimum Gasteiger partial charge on any atom is -0.478 e. The highest BCUT2D eigenvalue weighted by Gasteiger charge is 2.34. The number of hydrogen-bond acceptors (Lipinski definition) is 6. The first-order valence-electron chi connectivity index (χ1n) is 13.3. The van der Waals surface area contributed by atoms with Crippen molar-refractivity contribution in [3.63, 3.8) is 0 Å². The van der Waals surface area contributed by atoms with Crippen LogP contribution in [0.2, 0.25) is 0 Å². The molecule has 0 aromatic heterocycles. The van der Waals surface area contributed by atoms with Crippen LogP contribution in [0.3, 0.4) is 0 Å². The first kappa shape index (κ1) is 25.6. The number of thiol groups is 2. The predicted octanol–water partition coefficient (Wildman–Crippen LogP) is 6.36. The van der Waals surface area contributed by atoms with E-state index in [0.29, 0.717) is 13.5 Å². The molecule has 0 atom stereocenters. The lowest BCUT2D eigenvalue weighted by molar-refractivity contribution is 0.102. The highest BCUT2D eigenvalue weighted by Crippen LogP contribution is 2.43. The van der Waals surface area contributed by atoms with Crippen molar-refractivity contribution in [2.45, 2.75) is 25.4 Å². The van der Waals surface area contributed by atoms with Gasteiger partial charge in [-0.1, -0.05) is 48.5 Å². The van der Waals surface area contributed by atoms with Crippen LogP contribution in [0.5, 0.6) is 11.5 Å². The van der Waals surface area contributed by atoms with Crippen molar-refractivity contribution in [1.29, 1.82) is 0 Å². The summed E-state index contributed by atoms with van der Waals surface area (Å²) in [6, 6.07) is 28.9. The lowest BCUT2D eigenvalue weighted by Crippen LogP contribution is -2.34. The molecule has 0 unspecified atom stereocenters. The molecule has 196 valence electrons. The van der Waals surface area contributed by atoms with Gasteiger partial charge in [0.1, 0.15) is 25.0 Å². The van der Waals surface area contributed by atoms with Gasteiger partial charge in [0.2, 0.25) is 0 Å². The largest absolute Gasteiger partial charge is 0.478 e. The quantitative estimate of drug-likeness (QED) is 0.210. The third-order valence-electron chi connectivity index (χ3n) is 8.03. The molecule has 6 rings (SSSR count). The van der Waals surface area contributed by atoms with Crippen LogP contribution in [-0.2, 0) is 18.5 Å². The first-order valence-corrected chi connectivity index (χ1v) is 14.5. The van der Waals surface area contributed by atoms with Gasteiger partial charge in [-0.05, 0) is 64.7 Å². The molecule has 2 aliphatic rings. The maximum Gasteiger partial charge on any atom is 0.142 e. The molecule has 0 saturated carbocycles. The van der Waals surface area contributed by atoms with Gasteiger partial charge in [0.15, 0.2) is 0 Å². The summed E-state index contributed by atoms with van der Waals surface area (Å²) in [7, 11) is 0. The number of nitrogens with zero attached hydrogens (tertiary/aromatic N) is 2. The summed E-state index contributed by atoms with van der Waals surface area (Å²) in [6.45, 7) is 7.13. The third-order valence-corrected chi connectivity index (χ3v) is 8.43. The number of fused-ring (bicyclic) bond motifs is 3. The molecule has 6 heteroatoms. The second kappa shape index (κ2) is 10.9. The number of benzene rings is 4. The SMILES string of the molecule is CC(c1ccc2c(c1)CN(CCS)CO2)(c1ccc2c(c1)CN(CCS)CO2)c1ccc2ccccc2c1. The zero-order chi connectivity index (χ0) is 26.1. The standard InChI is InChI=1S/C32H34N2O2S2/c1-32(27-7-6-23-4-2-3-5-24(23)16-27,28-8-10-30-25(17-28)19-33(12-14-37)21-35-30)29-9-11-31-26(18-29)20-34(13-15-38)22-36-31/h2-11,16-18,37-38H,12-15,19-22H2,1H3. The molecule has 0 aliphatic carbocycles. The topological polar surface area (TPSA) is 24.9 Å². The molecule has 0 bridgehead atoms. The molecule has 0 radical (unpaired) electrons. The van der Waals surface area contributed by atoms with Gasteiger partial charge < -0.3 is 9.47 Å². The van der Waals surface area contributed by atoms with Crippen LogP contribution in [0.25, 0.3) is 10.8 Å². The Morgan fingerprint density at radius 1 is 0.658 bits per heavy atom. The minimum atomic E-state index is -0.369. The van der Waals surface area contributed by atoms with Crippen LogP contribution in [0, 0.1) is 0 Å². The second-order valence-corrected chi connectivity index (χ2v) is 11.3. The van der Waals surface area contributed by atoms with E-state index in [1.807, 2.05) is 0 Å². The molecule has 4 aromatic carbocycles. The maximum absolute atomic E-state index is 6.10. The molecule has 0 saturated heterocycles. The number of rotatable bonds is 7.